The molecule has 0 saturated carbocycles. The van der Waals surface area contributed by atoms with Gasteiger partial charge < -0.3 is 9.75 Å². The van der Waals surface area contributed by atoms with Crippen molar-refractivity contribution in [3.63, 3.8) is 0 Å². The van der Waals surface area contributed by atoms with Crippen LogP contribution in [0, 0.1) is 0 Å². The second-order valence-corrected chi connectivity index (χ2v) is 5.94. The van der Waals surface area contributed by atoms with E-state index in [1.165, 1.54) is 12.7 Å². The Labute approximate surface area is 129 Å². The van der Waals surface area contributed by atoms with Crippen LogP contribution in [0.25, 0.3) is 0 Å². The fraction of sp³-hybridized carbons (Fsp3) is 0.278. The summed E-state index contributed by atoms with van der Waals surface area (Å²) in [6.07, 6.45) is 1.66. The van der Waals surface area contributed by atoms with Crippen molar-refractivity contribution in [2.45, 2.75) is 24.4 Å². The van der Waals surface area contributed by atoms with Gasteiger partial charge in [-0.3, -0.25) is 0 Å². The highest BCUT2D eigenvalue weighted by Gasteiger charge is 2.53. The van der Waals surface area contributed by atoms with E-state index in [9.17, 15) is 4.79 Å². The molecule has 0 amide bonds. The molecule has 112 valence electrons. The summed E-state index contributed by atoms with van der Waals surface area (Å²) in [5.74, 6) is -0.231. The number of esters is 1. The lowest BCUT2D eigenvalue weighted by molar-refractivity contribution is -0.148. The van der Waals surface area contributed by atoms with Crippen molar-refractivity contribution in [2.75, 3.05) is 12.1 Å². The minimum absolute atomic E-state index is 0.231. The van der Waals surface area contributed by atoms with Crippen molar-refractivity contribution >= 4 is 11.7 Å². The Hall–Kier alpha value is -2.33. The van der Waals surface area contributed by atoms with Crippen molar-refractivity contribution < 1.29 is 9.53 Å². The van der Waals surface area contributed by atoms with E-state index in [0.29, 0.717) is 6.42 Å². The quantitative estimate of drug-likeness (QED) is 0.864. The molecule has 2 aliphatic heterocycles. The lowest BCUT2D eigenvalue weighted by atomic mass is 9.85. The molecule has 0 radical (unpaired) electrons. The maximum Gasteiger partial charge on any atom is 0.332 e. The maximum atomic E-state index is 12.6. The number of ether oxygens (including phenoxy) is 1. The van der Waals surface area contributed by atoms with Crippen LogP contribution in [-0.4, -0.2) is 19.1 Å². The molecule has 2 aromatic rings. The minimum atomic E-state index is -0.797. The zero-order valence-electron chi connectivity index (χ0n) is 12.5. The summed E-state index contributed by atoms with van der Waals surface area (Å²) in [6, 6.07) is 18.5. The van der Waals surface area contributed by atoms with Crippen LogP contribution in [0.2, 0.25) is 0 Å². The molecule has 0 spiro atoms. The topological polar surface area (TPSA) is 41.6 Å². The minimum Gasteiger partial charge on any atom is -0.467 e. The first-order valence-electron chi connectivity index (χ1n) is 7.53. The Kier molecular flexibility index (Phi) is 2.94. The summed E-state index contributed by atoms with van der Waals surface area (Å²) >= 11 is 0. The standard InChI is InChI=1S/C18H18N2O2/c1-22-17(21)18(14-8-3-2-4-9-14)12-15-11-13-7-5-6-10-16(13)20(15)19-18/h2-10,15,19H,11-12H2,1H3/t15-,18-/m0/s1. The van der Waals surface area contributed by atoms with Crippen LogP contribution in [0.15, 0.2) is 54.6 Å². The number of hydrogen-bond acceptors (Lipinski definition) is 4. The first kappa shape index (κ1) is 13.3. The van der Waals surface area contributed by atoms with Gasteiger partial charge in [0.25, 0.3) is 0 Å². The van der Waals surface area contributed by atoms with Gasteiger partial charge in [-0.1, -0.05) is 48.5 Å². The number of benzene rings is 2. The van der Waals surface area contributed by atoms with E-state index in [4.69, 9.17) is 4.74 Å². The highest BCUT2D eigenvalue weighted by molar-refractivity contribution is 5.84. The summed E-state index contributed by atoms with van der Waals surface area (Å²) in [6.45, 7) is 0. The van der Waals surface area contributed by atoms with Crippen LogP contribution in [0.4, 0.5) is 5.69 Å². The largest absolute Gasteiger partial charge is 0.467 e. The number of nitrogens with one attached hydrogen (secondary N) is 1. The molecule has 4 nitrogen and oxygen atoms in total. The highest BCUT2D eigenvalue weighted by Crippen LogP contribution is 2.43. The molecule has 2 heterocycles. The van der Waals surface area contributed by atoms with E-state index in [1.807, 2.05) is 36.4 Å². The predicted molar refractivity (Wildman–Crippen MR) is 84.3 cm³/mol. The summed E-state index contributed by atoms with van der Waals surface area (Å²) in [4.78, 5) is 12.6. The van der Waals surface area contributed by atoms with Gasteiger partial charge in [0.05, 0.1) is 18.8 Å². The molecule has 1 saturated heterocycles. The van der Waals surface area contributed by atoms with Gasteiger partial charge in [-0.15, -0.1) is 0 Å². The molecular weight excluding hydrogens is 276 g/mol. The first-order valence-corrected chi connectivity index (χ1v) is 7.53. The third kappa shape index (κ3) is 1.77. The molecule has 1 N–H and O–H groups in total. The monoisotopic (exact) mass is 294 g/mol. The van der Waals surface area contributed by atoms with Gasteiger partial charge in [-0.25, -0.2) is 10.2 Å². The second-order valence-electron chi connectivity index (χ2n) is 5.94. The van der Waals surface area contributed by atoms with Gasteiger partial charge >= 0.3 is 5.97 Å². The van der Waals surface area contributed by atoms with Gasteiger partial charge in [-0.05, 0) is 23.6 Å². The van der Waals surface area contributed by atoms with Crippen molar-refractivity contribution in [1.29, 1.82) is 0 Å². The molecule has 2 aliphatic rings. The summed E-state index contributed by atoms with van der Waals surface area (Å²) in [5, 5.41) is 2.14. The van der Waals surface area contributed by atoms with Gasteiger partial charge in [0.2, 0.25) is 0 Å². The van der Waals surface area contributed by atoms with E-state index in [-0.39, 0.29) is 12.0 Å². The number of hydrazine groups is 1. The third-order valence-electron chi connectivity index (χ3n) is 4.73. The normalized spacial score (nSPS) is 25.7. The van der Waals surface area contributed by atoms with Crippen LogP contribution in [0.3, 0.4) is 0 Å². The van der Waals surface area contributed by atoms with Crippen molar-refractivity contribution in [1.82, 2.24) is 5.43 Å². The van der Waals surface area contributed by atoms with E-state index in [2.05, 4.69) is 28.6 Å². The van der Waals surface area contributed by atoms with E-state index in [0.717, 1.165) is 17.7 Å². The van der Waals surface area contributed by atoms with Crippen LogP contribution in [-0.2, 0) is 21.5 Å². The number of hydrogen-bond donors (Lipinski definition) is 1. The fourth-order valence-electron chi connectivity index (χ4n) is 3.71. The number of nitrogens with zero attached hydrogens (tertiary/aromatic N) is 1. The molecule has 0 aromatic heterocycles. The Bertz CT molecular complexity index is 716. The molecule has 2 atom stereocenters. The third-order valence-corrected chi connectivity index (χ3v) is 4.73. The Morgan fingerprint density at radius 2 is 1.91 bits per heavy atom. The Balaban J connectivity index is 1.77. The van der Waals surface area contributed by atoms with Gasteiger partial charge in [0.1, 0.15) is 0 Å². The average molecular weight is 294 g/mol. The molecule has 0 bridgehead atoms. The summed E-state index contributed by atoms with van der Waals surface area (Å²) in [7, 11) is 1.45. The number of para-hydroxylation sites is 1. The van der Waals surface area contributed by atoms with Crippen molar-refractivity contribution in [3.8, 4) is 0 Å². The lowest BCUT2D eigenvalue weighted by Crippen LogP contribution is -2.50. The first-order chi connectivity index (χ1) is 10.7. The van der Waals surface area contributed by atoms with Crippen LogP contribution >= 0.6 is 0 Å². The SMILES string of the molecule is COC(=O)[C@@]1(c2ccccc2)C[C@@H]2Cc3ccccc3N2N1. The number of carbonyl (C=O) groups excluding carboxylic acids is 1. The smallest absolute Gasteiger partial charge is 0.332 e. The number of rotatable bonds is 2. The Morgan fingerprint density at radius 1 is 1.18 bits per heavy atom. The second kappa shape index (κ2) is 4.85. The number of carbonyl (C=O) groups is 1. The van der Waals surface area contributed by atoms with Gasteiger partial charge in [0, 0.05) is 6.42 Å². The maximum absolute atomic E-state index is 12.6. The molecule has 4 heteroatoms. The fourth-order valence-corrected chi connectivity index (χ4v) is 3.71. The predicted octanol–water partition coefficient (Wildman–Crippen LogP) is 2.39. The molecule has 0 aliphatic carbocycles. The molecule has 0 unspecified atom stereocenters. The van der Waals surface area contributed by atoms with Crippen LogP contribution < -0.4 is 10.4 Å². The Morgan fingerprint density at radius 3 is 2.68 bits per heavy atom. The van der Waals surface area contributed by atoms with Crippen molar-refractivity contribution in [3.05, 3.63) is 65.7 Å². The molecule has 2 aromatic carbocycles. The molecule has 4 rings (SSSR count). The molecule has 1 fully saturated rings. The average Bonchev–Trinajstić information content (AvgIpc) is 3.10. The summed E-state index contributed by atoms with van der Waals surface area (Å²) in [5.41, 5.74) is 6.09. The van der Waals surface area contributed by atoms with E-state index >= 15 is 0 Å². The zero-order chi connectivity index (χ0) is 15.2. The number of methoxy groups -OCH3 is 1. The molecule has 22 heavy (non-hydrogen) atoms. The zero-order valence-corrected chi connectivity index (χ0v) is 12.5. The van der Waals surface area contributed by atoms with Crippen LogP contribution in [0.5, 0.6) is 0 Å². The van der Waals surface area contributed by atoms with Crippen molar-refractivity contribution in [2.24, 2.45) is 0 Å². The number of fused-ring (bicyclic) bond motifs is 3. The van der Waals surface area contributed by atoms with Gasteiger partial charge in [-0.2, -0.15) is 0 Å². The highest BCUT2D eigenvalue weighted by atomic mass is 16.5. The van der Waals surface area contributed by atoms with Crippen LogP contribution in [0.1, 0.15) is 17.5 Å². The van der Waals surface area contributed by atoms with Gasteiger partial charge in [0.15, 0.2) is 5.54 Å². The number of anilines is 1. The lowest BCUT2D eigenvalue weighted by Gasteiger charge is -2.29. The molecular formula is C18H18N2O2. The summed E-state index contributed by atoms with van der Waals surface area (Å²) < 4.78 is 5.12. The van der Waals surface area contributed by atoms with E-state index < -0.39 is 5.54 Å². The van der Waals surface area contributed by atoms with E-state index in [1.54, 1.807) is 0 Å².